The Hall–Kier alpha value is -2.55. The van der Waals surface area contributed by atoms with Gasteiger partial charge in [-0.2, -0.15) is 0 Å². The number of rotatable bonds is 5. The van der Waals surface area contributed by atoms with Crippen molar-refractivity contribution in [3.8, 4) is 5.75 Å². The fourth-order valence-electron chi connectivity index (χ4n) is 1.92. The molecule has 0 spiro atoms. The van der Waals surface area contributed by atoms with Gasteiger partial charge in [0.2, 0.25) is 17.7 Å². The van der Waals surface area contributed by atoms with Crippen LogP contribution in [0.15, 0.2) is 18.2 Å². The highest BCUT2D eigenvalue weighted by Crippen LogP contribution is 2.27. The van der Waals surface area contributed by atoms with E-state index < -0.39 is 17.1 Å². The van der Waals surface area contributed by atoms with Crippen LogP contribution in [0.2, 0.25) is 0 Å². The minimum Gasteiger partial charge on any atom is -0.497 e. The summed E-state index contributed by atoms with van der Waals surface area (Å²) in [7, 11) is 1.47. The summed E-state index contributed by atoms with van der Waals surface area (Å²) in [4.78, 5) is 47.2. The van der Waals surface area contributed by atoms with Crippen LogP contribution in [0.25, 0.3) is 0 Å². The topological polar surface area (TPSA) is 105 Å². The van der Waals surface area contributed by atoms with Gasteiger partial charge in [0.1, 0.15) is 12.3 Å². The zero-order valence-electron chi connectivity index (χ0n) is 12.5. The lowest BCUT2D eigenvalue weighted by Crippen LogP contribution is -2.36. The third-order valence-electron chi connectivity index (χ3n) is 2.95. The summed E-state index contributed by atoms with van der Waals surface area (Å²) >= 11 is 0.860. The molecule has 4 amide bonds. The summed E-state index contributed by atoms with van der Waals surface area (Å²) < 4.78 is 5.08. The van der Waals surface area contributed by atoms with Gasteiger partial charge in [0.05, 0.1) is 24.2 Å². The zero-order chi connectivity index (χ0) is 17.0. The second-order valence-electron chi connectivity index (χ2n) is 4.68. The van der Waals surface area contributed by atoms with Gasteiger partial charge in [-0.15, -0.1) is 0 Å². The number of imide groups is 1. The second-order valence-corrected chi connectivity index (χ2v) is 5.60. The number of amides is 4. The molecule has 1 saturated heterocycles. The smallest absolute Gasteiger partial charge is 0.289 e. The molecule has 1 aliphatic rings. The fourth-order valence-corrected chi connectivity index (χ4v) is 2.64. The molecule has 23 heavy (non-hydrogen) atoms. The van der Waals surface area contributed by atoms with Crippen molar-refractivity contribution in [1.29, 1.82) is 0 Å². The third-order valence-corrected chi connectivity index (χ3v) is 3.81. The lowest BCUT2D eigenvalue weighted by atomic mass is 10.2. The first kappa shape index (κ1) is 16.8. The molecule has 8 nitrogen and oxygen atoms in total. The van der Waals surface area contributed by atoms with Crippen LogP contribution in [0.3, 0.4) is 0 Å². The van der Waals surface area contributed by atoms with Crippen LogP contribution in [-0.4, -0.2) is 47.3 Å². The van der Waals surface area contributed by atoms with Crippen molar-refractivity contribution in [2.75, 3.05) is 30.0 Å². The summed E-state index contributed by atoms with van der Waals surface area (Å²) in [6, 6.07) is 4.74. The SMILES string of the molecule is COc1ccc(NC(C)=O)c(NC(=O)CN2C(=O)CSC2=O)c1. The third kappa shape index (κ3) is 4.22. The molecule has 1 aromatic rings. The molecule has 0 aromatic heterocycles. The van der Waals surface area contributed by atoms with E-state index in [2.05, 4.69) is 10.6 Å². The Morgan fingerprint density at radius 1 is 1.26 bits per heavy atom. The maximum atomic E-state index is 12.1. The number of ether oxygens (including phenoxy) is 1. The number of nitrogens with one attached hydrogen (secondary N) is 2. The molecule has 0 aliphatic carbocycles. The minimum atomic E-state index is -0.547. The van der Waals surface area contributed by atoms with Crippen LogP contribution >= 0.6 is 11.8 Å². The molecular weight excluding hydrogens is 322 g/mol. The average Bonchev–Trinajstić information content (AvgIpc) is 2.80. The van der Waals surface area contributed by atoms with Crippen LogP contribution in [0.4, 0.5) is 16.2 Å². The van der Waals surface area contributed by atoms with Gasteiger partial charge in [-0.3, -0.25) is 24.1 Å². The van der Waals surface area contributed by atoms with Crippen molar-refractivity contribution in [2.24, 2.45) is 0 Å². The van der Waals surface area contributed by atoms with Gasteiger partial charge < -0.3 is 15.4 Å². The van der Waals surface area contributed by atoms with Gasteiger partial charge in [0.25, 0.3) is 5.24 Å². The maximum Gasteiger partial charge on any atom is 0.289 e. The predicted molar refractivity (Wildman–Crippen MR) is 85.5 cm³/mol. The van der Waals surface area contributed by atoms with Crippen LogP contribution in [0.1, 0.15) is 6.92 Å². The summed E-state index contributed by atoms with van der Waals surface area (Å²) in [5, 5.41) is 4.70. The van der Waals surface area contributed by atoms with E-state index in [-0.39, 0.29) is 18.2 Å². The van der Waals surface area contributed by atoms with Crippen molar-refractivity contribution >= 4 is 46.1 Å². The quantitative estimate of drug-likeness (QED) is 0.839. The first-order valence-electron chi connectivity index (χ1n) is 6.63. The highest BCUT2D eigenvalue weighted by molar-refractivity contribution is 8.14. The molecule has 1 fully saturated rings. The number of anilines is 2. The standard InChI is InChI=1S/C14H15N3O5S/c1-8(18)15-10-4-3-9(22-2)5-11(10)16-12(19)6-17-13(20)7-23-14(17)21/h3-5H,6-7H2,1-2H3,(H,15,18)(H,16,19). The molecule has 0 unspecified atom stereocenters. The van der Waals surface area contributed by atoms with Crippen molar-refractivity contribution in [3.63, 3.8) is 0 Å². The van der Waals surface area contributed by atoms with Crippen molar-refractivity contribution in [1.82, 2.24) is 4.90 Å². The molecule has 2 rings (SSSR count). The second kappa shape index (κ2) is 7.14. The van der Waals surface area contributed by atoms with Gasteiger partial charge in [0.15, 0.2) is 0 Å². The minimum absolute atomic E-state index is 0.0441. The van der Waals surface area contributed by atoms with Crippen molar-refractivity contribution < 1.29 is 23.9 Å². The number of hydrogen-bond donors (Lipinski definition) is 2. The normalized spacial score (nSPS) is 13.9. The molecule has 1 aliphatic heterocycles. The Morgan fingerprint density at radius 2 is 2.00 bits per heavy atom. The molecule has 9 heteroatoms. The van der Waals surface area contributed by atoms with Gasteiger partial charge in [-0.25, -0.2) is 0 Å². The fraction of sp³-hybridized carbons (Fsp3) is 0.286. The van der Waals surface area contributed by atoms with E-state index in [0.29, 0.717) is 17.1 Å². The molecule has 1 heterocycles. The number of nitrogens with zero attached hydrogens (tertiary/aromatic N) is 1. The van der Waals surface area contributed by atoms with Crippen LogP contribution in [-0.2, 0) is 14.4 Å². The van der Waals surface area contributed by atoms with Crippen molar-refractivity contribution in [2.45, 2.75) is 6.92 Å². The van der Waals surface area contributed by atoms with Gasteiger partial charge >= 0.3 is 0 Å². The van der Waals surface area contributed by atoms with Crippen molar-refractivity contribution in [3.05, 3.63) is 18.2 Å². The summed E-state index contributed by atoms with van der Waals surface area (Å²) in [5.74, 6) is -0.718. The highest BCUT2D eigenvalue weighted by Gasteiger charge is 2.31. The highest BCUT2D eigenvalue weighted by atomic mass is 32.2. The Bertz CT molecular complexity index is 660. The van der Waals surface area contributed by atoms with E-state index in [1.165, 1.54) is 20.1 Å². The molecule has 0 radical (unpaired) electrons. The number of carbonyl (C=O) groups is 4. The van der Waals surface area contributed by atoms with Crippen LogP contribution in [0, 0.1) is 0 Å². The zero-order valence-corrected chi connectivity index (χ0v) is 13.4. The van der Waals surface area contributed by atoms with E-state index in [4.69, 9.17) is 4.74 Å². The number of methoxy groups -OCH3 is 1. The van der Waals surface area contributed by atoms with E-state index in [9.17, 15) is 19.2 Å². The number of carbonyl (C=O) groups excluding carboxylic acids is 4. The Morgan fingerprint density at radius 3 is 2.57 bits per heavy atom. The van der Waals surface area contributed by atoms with Crippen LogP contribution in [0.5, 0.6) is 5.75 Å². The Kier molecular flexibility index (Phi) is 5.22. The lowest BCUT2D eigenvalue weighted by Gasteiger charge is -2.15. The Balaban J connectivity index is 2.13. The Labute approximate surface area is 136 Å². The predicted octanol–water partition coefficient (Wildman–Crippen LogP) is 1.29. The van der Waals surface area contributed by atoms with E-state index in [1.807, 2.05) is 0 Å². The molecule has 0 saturated carbocycles. The summed E-state index contributed by atoms with van der Waals surface area (Å²) in [6.07, 6.45) is 0. The number of benzene rings is 1. The molecule has 2 N–H and O–H groups in total. The lowest BCUT2D eigenvalue weighted by molar-refractivity contribution is -0.128. The largest absolute Gasteiger partial charge is 0.497 e. The van der Waals surface area contributed by atoms with Gasteiger partial charge in [0, 0.05) is 13.0 Å². The summed E-state index contributed by atoms with van der Waals surface area (Å²) in [5.41, 5.74) is 0.705. The molecule has 0 bridgehead atoms. The first-order chi connectivity index (χ1) is 10.9. The number of thioether (sulfide) groups is 1. The maximum absolute atomic E-state index is 12.1. The first-order valence-corrected chi connectivity index (χ1v) is 7.62. The summed E-state index contributed by atoms with van der Waals surface area (Å²) in [6.45, 7) is 0.968. The monoisotopic (exact) mass is 337 g/mol. The van der Waals surface area contributed by atoms with E-state index >= 15 is 0 Å². The molecule has 1 aromatic carbocycles. The molecule has 122 valence electrons. The average molecular weight is 337 g/mol. The number of hydrogen-bond acceptors (Lipinski definition) is 6. The van der Waals surface area contributed by atoms with Gasteiger partial charge in [-0.05, 0) is 12.1 Å². The van der Waals surface area contributed by atoms with E-state index in [1.54, 1.807) is 12.1 Å². The molecular formula is C14H15N3O5S. The molecule has 0 atom stereocenters. The van der Waals surface area contributed by atoms with Gasteiger partial charge in [-0.1, -0.05) is 11.8 Å². The van der Waals surface area contributed by atoms with Crippen LogP contribution < -0.4 is 15.4 Å². The van der Waals surface area contributed by atoms with E-state index in [0.717, 1.165) is 16.7 Å².